The van der Waals surface area contributed by atoms with Crippen LogP contribution in [0.4, 0.5) is 0 Å². The summed E-state index contributed by atoms with van der Waals surface area (Å²) >= 11 is 0. The summed E-state index contributed by atoms with van der Waals surface area (Å²) in [5, 5.41) is 6.78. The number of nitrogens with one attached hydrogen (secondary N) is 2. The fraction of sp³-hybridized carbons (Fsp3) is 0.321. The second-order valence-corrected chi connectivity index (χ2v) is 9.96. The molecule has 2 aromatic heterocycles. The minimum atomic E-state index is -0.922. The lowest BCUT2D eigenvalue weighted by molar-refractivity contribution is -0.129. The number of benzene rings is 2. The van der Waals surface area contributed by atoms with Gasteiger partial charge in [-0.2, -0.15) is 0 Å². The summed E-state index contributed by atoms with van der Waals surface area (Å²) in [6.45, 7) is 3.58. The average Bonchev–Trinajstić information content (AvgIpc) is 3.27. The maximum atomic E-state index is 13.3. The molecule has 4 aromatic rings. The van der Waals surface area contributed by atoms with Crippen LogP contribution in [0, 0.1) is 5.92 Å². The van der Waals surface area contributed by atoms with E-state index in [9.17, 15) is 24.0 Å². The Morgan fingerprint density at radius 1 is 0.974 bits per heavy atom. The maximum absolute atomic E-state index is 13.3. The first-order valence-corrected chi connectivity index (χ1v) is 12.6. The number of rotatable bonds is 6. The Morgan fingerprint density at radius 2 is 1.63 bits per heavy atom. The van der Waals surface area contributed by atoms with E-state index in [1.54, 1.807) is 42.5 Å². The Hall–Kier alpha value is -4.47. The predicted octanol–water partition coefficient (Wildman–Crippen LogP) is 2.21. The van der Waals surface area contributed by atoms with Gasteiger partial charge in [-0.3, -0.25) is 24.0 Å². The molecule has 1 aliphatic rings. The van der Waals surface area contributed by atoms with Crippen LogP contribution in [0.5, 0.6) is 0 Å². The van der Waals surface area contributed by atoms with Crippen molar-refractivity contribution in [3.05, 3.63) is 81.1 Å². The third-order valence-corrected chi connectivity index (χ3v) is 6.77. The lowest BCUT2D eigenvalue weighted by Gasteiger charge is -2.22. The van der Waals surface area contributed by atoms with E-state index in [0.717, 1.165) is 10.1 Å². The molecule has 2 atom stereocenters. The third kappa shape index (κ3) is 4.77. The molecule has 10 heteroatoms. The number of carbonyl (C=O) groups is 3. The van der Waals surface area contributed by atoms with Gasteiger partial charge in [-0.15, -0.1) is 0 Å². The monoisotopic (exact) mass is 516 g/mol. The van der Waals surface area contributed by atoms with Gasteiger partial charge < -0.3 is 15.1 Å². The standard InChI is InChI=1S/C28H28N4O6/c1-16(2)13-21(30-26(35)24-14-17-7-3-6-10-23(17)38-24)25(34)29-20-11-12-31-27(36)18-8-4-5-9-19(18)28(37)32(31)15-22(20)33/h3-10,14,16,20-21H,11-13,15H2,1-2H3,(H,29,34)(H,30,35)/t20-,21-/m0/s1. The molecule has 0 fully saturated rings. The smallest absolute Gasteiger partial charge is 0.287 e. The van der Waals surface area contributed by atoms with Crippen LogP contribution in [0.15, 0.2) is 68.6 Å². The van der Waals surface area contributed by atoms with Crippen molar-refractivity contribution in [2.45, 2.75) is 51.9 Å². The summed E-state index contributed by atoms with van der Waals surface area (Å²) < 4.78 is 8.04. The minimum Gasteiger partial charge on any atom is -0.451 e. The summed E-state index contributed by atoms with van der Waals surface area (Å²) in [4.78, 5) is 65.4. The van der Waals surface area contributed by atoms with Gasteiger partial charge in [0.1, 0.15) is 18.2 Å². The molecule has 5 rings (SSSR count). The zero-order valence-electron chi connectivity index (χ0n) is 21.1. The molecule has 0 aliphatic carbocycles. The van der Waals surface area contributed by atoms with Crippen molar-refractivity contribution in [1.82, 2.24) is 20.0 Å². The van der Waals surface area contributed by atoms with Crippen LogP contribution in [-0.4, -0.2) is 39.0 Å². The highest BCUT2D eigenvalue weighted by Gasteiger charge is 2.31. The van der Waals surface area contributed by atoms with Crippen LogP contribution >= 0.6 is 0 Å². The normalized spacial score (nSPS) is 16.3. The van der Waals surface area contributed by atoms with Gasteiger partial charge in [-0.25, -0.2) is 9.36 Å². The van der Waals surface area contributed by atoms with Crippen molar-refractivity contribution in [2.75, 3.05) is 0 Å². The Morgan fingerprint density at radius 3 is 2.32 bits per heavy atom. The first kappa shape index (κ1) is 25.2. The number of hydrogen-bond acceptors (Lipinski definition) is 6. The number of hydrogen-bond donors (Lipinski definition) is 2. The van der Waals surface area contributed by atoms with Crippen LogP contribution in [0.2, 0.25) is 0 Å². The second kappa shape index (κ2) is 10.1. The molecule has 38 heavy (non-hydrogen) atoms. The Labute approximate surface area is 217 Å². The second-order valence-electron chi connectivity index (χ2n) is 9.96. The Bertz CT molecular complexity index is 1650. The van der Waals surface area contributed by atoms with E-state index in [2.05, 4.69) is 10.6 Å². The summed E-state index contributed by atoms with van der Waals surface area (Å²) in [7, 11) is 0. The number of carbonyl (C=O) groups excluding carboxylic acids is 3. The van der Waals surface area contributed by atoms with Crippen molar-refractivity contribution >= 4 is 39.3 Å². The number of furan rings is 1. The van der Waals surface area contributed by atoms with Gasteiger partial charge in [0.2, 0.25) is 5.91 Å². The third-order valence-electron chi connectivity index (χ3n) is 6.77. The average molecular weight is 517 g/mol. The van der Waals surface area contributed by atoms with Crippen LogP contribution in [-0.2, 0) is 22.7 Å². The molecule has 2 amide bonds. The van der Waals surface area contributed by atoms with Gasteiger partial charge >= 0.3 is 0 Å². The number of fused-ring (bicyclic) bond motifs is 3. The van der Waals surface area contributed by atoms with E-state index < -0.39 is 35.2 Å². The largest absolute Gasteiger partial charge is 0.451 e. The zero-order valence-corrected chi connectivity index (χ0v) is 21.1. The highest BCUT2D eigenvalue weighted by molar-refractivity contribution is 5.99. The van der Waals surface area contributed by atoms with Gasteiger partial charge in [0, 0.05) is 11.9 Å². The molecule has 0 saturated heterocycles. The van der Waals surface area contributed by atoms with Crippen LogP contribution in [0.25, 0.3) is 21.7 Å². The molecule has 196 valence electrons. The molecule has 10 nitrogen and oxygen atoms in total. The van der Waals surface area contributed by atoms with Crippen molar-refractivity contribution in [2.24, 2.45) is 5.92 Å². The van der Waals surface area contributed by atoms with E-state index >= 15 is 0 Å². The van der Waals surface area contributed by atoms with E-state index in [1.165, 1.54) is 4.68 Å². The summed E-state index contributed by atoms with van der Waals surface area (Å²) in [5.74, 6) is -1.29. The molecule has 1 aliphatic heterocycles. The lowest BCUT2D eigenvalue weighted by Crippen LogP contribution is -2.52. The lowest BCUT2D eigenvalue weighted by atomic mass is 10.0. The van der Waals surface area contributed by atoms with Crippen molar-refractivity contribution in [3.8, 4) is 0 Å². The van der Waals surface area contributed by atoms with Crippen molar-refractivity contribution in [1.29, 1.82) is 0 Å². The van der Waals surface area contributed by atoms with Gasteiger partial charge in [0.25, 0.3) is 17.0 Å². The van der Waals surface area contributed by atoms with Gasteiger partial charge in [-0.1, -0.05) is 44.2 Å². The first-order valence-electron chi connectivity index (χ1n) is 12.6. The molecule has 2 aromatic carbocycles. The fourth-order valence-corrected chi connectivity index (χ4v) is 4.85. The highest BCUT2D eigenvalue weighted by atomic mass is 16.3. The molecule has 0 unspecified atom stereocenters. The van der Waals surface area contributed by atoms with E-state index in [4.69, 9.17) is 4.42 Å². The SMILES string of the molecule is CC(C)C[C@H](NC(=O)c1cc2ccccc2o1)C(=O)N[C@H]1CCn2c(=O)c3ccccc3c(=O)n2CC1=O. The molecule has 0 spiro atoms. The van der Waals surface area contributed by atoms with Gasteiger partial charge in [-0.05, 0) is 43.0 Å². The van der Waals surface area contributed by atoms with Crippen LogP contribution < -0.4 is 21.8 Å². The summed E-state index contributed by atoms with van der Waals surface area (Å²) in [6.07, 6.45) is 0.470. The predicted molar refractivity (Wildman–Crippen MR) is 141 cm³/mol. The molecular weight excluding hydrogens is 488 g/mol. The number of amides is 2. The van der Waals surface area contributed by atoms with Gasteiger partial charge in [0.15, 0.2) is 11.5 Å². The van der Waals surface area contributed by atoms with Crippen molar-refractivity contribution < 1.29 is 18.8 Å². The zero-order chi connectivity index (χ0) is 27.0. The number of para-hydroxylation sites is 1. The Balaban J connectivity index is 1.35. The molecule has 0 radical (unpaired) electrons. The number of Topliss-reactive ketones (excluding diaryl/α,β-unsaturated/α-hetero) is 1. The maximum Gasteiger partial charge on any atom is 0.287 e. The molecular formula is C28H28N4O6. The fourth-order valence-electron chi connectivity index (χ4n) is 4.85. The molecule has 3 heterocycles. The van der Waals surface area contributed by atoms with Gasteiger partial charge in [0.05, 0.1) is 16.8 Å². The number of aromatic nitrogens is 2. The number of nitrogens with zero attached hydrogens (tertiary/aromatic N) is 2. The summed E-state index contributed by atoms with van der Waals surface area (Å²) in [6, 6.07) is 13.5. The molecule has 0 saturated carbocycles. The first-order chi connectivity index (χ1) is 18.2. The highest BCUT2D eigenvalue weighted by Crippen LogP contribution is 2.19. The van der Waals surface area contributed by atoms with E-state index in [1.807, 2.05) is 26.0 Å². The van der Waals surface area contributed by atoms with Crippen LogP contribution in [0.3, 0.4) is 0 Å². The van der Waals surface area contributed by atoms with E-state index in [0.29, 0.717) is 12.0 Å². The summed E-state index contributed by atoms with van der Waals surface area (Å²) in [5.41, 5.74) is -0.239. The Kier molecular flexibility index (Phi) is 6.71. The van der Waals surface area contributed by atoms with E-state index in [-0.39, 0.29) is 47.5 Å². The van der Waals surface area contributed by atoms with Crippen molar-refractivity contribution in [3.63, 3.8) is 0 Å². The minimum absolute atomic E-state index is 0.0698. The topological polar surface area (TPSA) is 132 Å². The quantitative estimate of drug-likeness (QED) is 0.404. The molecule has 2 N–H and O–H groups in total. The molecule has 0 bridgehead atoms. The van der Waals surface area contributed by atoms with Crippen LogP contribution in [0.1, 0.15) is 37.2 Å². The number of ketones is 1.